The monoisotopic (exact) mass is 274 g/mol. The Morgan fingerprint density at radius 3 is 2.95 bits per heavy atom. The van der Waals surface area contributed by atoms with Gasteiger partial charge in [0.25, 0.3) is 0 Å². The number of nitrogens with zero attached hydrogens (tertiary/aromatic N) is 1. The molecular formula is C17H26N2O. The molecule has 1 N–H and O–H groups in total. The second kappa shape index (κ2) is 5.65. The highest BCUT2D eigenvalue weighted by molar-refractivity contribution is 5.60. The predicted molar refractivity (Wildman–Crippen MR) is 83.7 cm³/mol. The van der Waals surface area contributed by atoms with Crippen molar-refractivity contribution in [2.45, 2.75) is 51.2 Å². The molecule has 20 heavy (non-hydrogen) atoms. The van der Waals surface area contributed by atoms with E-state index in [-0.39, 0.29) is 6.10 Å². The molecule has 0 aliphatic carbocycles. The van der Waals surface area contributed by atoms with Crippen LogP contribution < -0.4 is 10.1 Å². The quantitative estimate of drug-likeness (QED) is 0.910. The number of benzene rings is 1. The van der Waals surface area contributed by atoms with E-state index < -0.39 is 0 Å². The molecule has 2 aliphatic heterocycles. The van der Waals surface area contributed by atoms with E-state index in [1.807, 2.05) is 0 Å². The average Bonchev–Trinajstić information content (AvgIpc) is 2.97. The number of likely N-dealkylation sites (tertiary alicyclic amines) is 1. The first-order valence-electron chi connectivity index (χ1n) is 7.88. The van der Waals surface area contributed by atoms with Gasteiger partial charge in [0.1, 0.15) is 5.75 Å². The molecule has 3 nitrogen and oxygen atoms in total. The van der Waals surface area contributed by atoms with Crippen molar-refractivity contribution in [2.75, 3.05) is 25.5 Å². The Labute approximate surface area is 122 Å². The average molecular weight is 274 g/mol. The van der Waals surface area contributed by atoms with Crippen LogP contribution in [0.4, 0.5) is 5.69 Å². The summed E-state index contributed by atoms with van der Waals surface area (Å²) >= 11 is 0. The van der Waals surface area contributed by atoms with Crippen molar-refractivity contribution in [1.29, 1.82) is 0 Å². The second-order valence-corrected chi connectivity index (χ2v) is 6.51. The number of hydrogen-bond acceptors (Lipinski definition) is 3. The first-order valence-corrected chi connectivity index (χ1v) is 7.88. The lowest BCUT2D eigenvalue weighted by molar-refractivity contribution is 0.242. The first-order chi connectivity index (χ1) is 9.63. The summed E-state index contributed by atoms with van der Waals surface area (Å²) in [5, 5.41) is 3.55. The van der Waals surface area contributed by atoms with E-state index in [0.717, 1.165) is 18.3 Å². The van der Waals surface area contributed by atoms with Crippen LogP contribution in [0.2, 0.25) is 0 Å². The van der Waals surface area contributed by atoms with E-state index in [9.17, 15) is 0 Å². The first kappa shape index (κ1) is 13.7. The Balaban J connectivity index is 1.74. The molecule has 1 saturated heterocycles. The van der Waals surface area contributed by atoms with Gasteiger partial charge < -0.3 is 15.0 Å². The third-order valence-electron chi connectivity index (χ3n) is 4.60. The van der Waals surface area contributed by atoms with Crippen LogP contribution in [0, 0.1) is 0 Å². The summed E-state index contributed by atoms with van der Waals surface area (Å²) in [6, 6.07) is 7.25. The zero-order valence-electron chi connectivity index (χ0n) is 12.9. The number of ether oxygens (including phenoxy) is 1. The molecule has 1 aromatic rings. The second-order valence-electron chi connectivity index (χ2n) is 6.51. The lowest BCUT2D eigenvalue weighted by Crippen LogP contribution is -2.27. The SMILES string of the molecule is CC(C)Oc1ccc2c(c1)[C@@H](C[C@H]1CCCN1C)CN2. The van der Waals surface area contributed by atoms with Crippen molar-refractivity contribution in [3.05, 3.63) is 23.8 Å². The Morgan fingerprint density at radius 1 is 1.40 bits per heavy atom. The van der Waals surface area contributed by atoms with Crippen LogP contribution in [0.1, 0.15) is 44.6 Å². The van der Waals surface area contributed by atoms with Gasteiger partial charge in [-0.1, -0.05) is 0 Å². The topological polar surface area (TPSA) is 24.5 Å². The maximum Gasteiger partial charge on any atom is 0.120 e. The molecule has 2 atom stereocenters. The normalized spacial score (nSPS) is 25.8. The van der Waals surface area contributed by atoms with E-state index in [0.29, 0.717) is 5.92 Å². The third-order valence-corrected chi connectivity index (χ3v) is 4.60. The molecule has 0 amide bonds. The summed E-state index contributed by atoms with van der Waals surface area (Å²) in [5.74, 6) is 1.64. The molecule has 3 heteroatoms. The Morgan fingerprint density at radius 2 is 2.25 bits per heavy atom. The van der Waals surface area contributed by atoms with E-state index in [1.165, 1.54) is 37.1 Å². The van der Waals surface area contributed by atoms with Gasteiger partial charge in [-0.05, 0) is 70.5 Å². The smallest absolute Gasteiger partial charge is 0.120 e. The van der Waals surface area contributed by atoms with Crippen molar-refractivity contribution in [1.82, 2.24) is 4.90 Å². The zero-order chi connectivity index (χ0) is 14.1. The standard InChI is InChI=1S/C17H26N2O/c1-12(2)20-15-6-7-17-16(10-15)13(11-18-17)9-14-5-4-8-19(14)3/h6-7,10,12-14,18H,4-5,8-9,11H2,1-3H3/t13-,14+/m0/s1. The molecule has 2 aliphatic rings. The number of nitrogens with one attached hydrogen (secondary N) is 1. The molecule has 3 rings (SSSR count). The minimum absolute atomic E-state index is 0.238. The number of hydrogen-bond donors (Lipinski definition) is 1. The van der Waals surface area contributed by atoms with Crippen LogP contribution in [0.5, 0.6) is 5.75 Å². The van der Waals surface area contributed by atoms with Crippen molar-refractivity contribution in [3.8, 4) is 5.75 Å². The lowest BCUT2D eigenvalue weighted by Gasteiger charge is -2.23. The summed E-state index contributed by atoms with van der Waals surface area (Å²) in [7, 11) is 2.26. The van der Waals surface area contributed by atoms with Gasteiger partial charge in [-0.15, -0.1) is 0 Å². The number of rotatable bonds is 4. The molecule has 0 bridgehead atoms. The van der Waals surface area contributed by atoms with Crippen LogP contribution in [0.25, 0.3) is 0 Å². The van der Waals surface area contributed by atoms with Crippen LogP contribution in [-0.2, 0) is 0 Å². The number of anilines is 1. The molecule has 1 fully saturated rings. The van der Waals surface area contributed by atoms with Crippen LogP contribution >= 0.6 is 0 Å². The summed E-state index contributed by atoms with van der Waals surface area (Å²) in [6.45, 7) is 6.49. The molecular weight excluding hydrogens is 248 g/mol. The van der Waals surface area contributed by atoms with Crippen LogP contribution in [0.3, 0.4) is 0 Å². The fourth-order valence-electron chi connectivity index (χ4n) is 3.54. The van der Waals surface area contributed by atoms with E-state index >= 15 is 0 Å². The highest BCUT2D eigenvalue weighted by Crippen LogP contribution is 2.38. The summed E-state index contributed by atoms with van der Waals surface area (Å²) in [6.07, 6.45) is 4.21. The Hall–Kier alpha value is -1.22. The van der Waals surface area contributed by atoms with Crippen molar-refractivity contribution < 1.29 is 4.74 Å². The molecule has 0 unspecified atom stereocenters. The Kier molecular flexibility index (Phi) is 3.88. The minimum Gasteiger partial charge on any atom is -0.491 e. The molecule has 110 valence electrons. The van der Waals surface area contributed by atoms with Gasteiger partial charge in [-0.3, -0.25) is 0 Å². The number of fused-ring (bicyclic) bond motifs is 1. The minimum atomic E-state index is 0.238. The Bertz CT molecular complexity index is 472. The van der Waals surface area contributed by atoms with Crippen molar-refractivity contribution in [2.24, 2.45) is 0 Å². The van der Waals surface area contributed by atoms with E-state index in [2.05, 4.69) is 49.3 Å². The fraction of sp³-hybridized carbons (Fsp3) is 0.647. The lowest BCUT2D eigenvalue weighted by atomic mass is 9.93. The van der Waals surface area contributed by atoms with Gasteiger partial charge in [-0.25, -0.2) is 0 Å². The third kappa shape index (κ3) is 2.78. The van der Waals surface area contributed by atoms with E-state index in [4.69, 9.17) is 4.74 Å². The van der Waals surface area contributed by atoms with Gasteiger partial charge in [0.05, 0.1) is 6.10 Å². The molecule has 0 saturated carbocycles. The van der Waals surface area contributed by atoms with Gasteiger partial charge in [0.2, 0.25) is 0 Å². The fourth-order valence-corrected chi connectivity index (χ4v) is 3.54. The van der Waals surface area contributed by atoms with Gasteiger partial charge in [0.15, 0.2) is 0 Å². The maximum atomic E-state index is 5.84. The summed E-state index contributed by atoms with van der Waals surface area (Å²) < 4.78 is 5.84. The molecule has 1 aromatic carbocycles. The molecule has 0 aromatic heterocycles. The van der Waals surface area contributed by atoms with Crippen molar-refractivity contribution >= 4 is 5.69 Å². The van der Waals surface area contributed by atoms with E-state index in [1.54, 1.807) is 0 Å². The summed E-state index contributed by atoms with van der Waals surface area (Å²) in [5.41, 5.74) is 2.75. The highest BCUT2D eigenvalue weighted by atomic mass is 16.5. The summed E-state index contributed by atoms with van der Waals surface area (Å²) in [4.78, 5) is 2.52. The molecule has 0 spiro atoms. The highest BCUT2D eigenvalue weighted by Gasteiger charge is 2.29. The van der Waals surface area contributed by atoms with Gasteiger partial charge >= 0.3 is 0 Å². The van der Waals surface area contributed by atoms with Gasteiger partial charge in [-0.2, -0.15) is 0 Å². The predicted octanol–water partition coefficient (Wildman–Crippen LogP) is 3.47. The van der Waals surface area contributed by atoms with Crippen LogP contribution in [-0.4, -0.2) is 37.2 Å². The largest absolute Gasteiger partial charge is 0.491 e. The molecule has 2 heterocycles. The van der Waals surface area contributed by atoms with Gasteiger partial charge in [0, 0.05) is 24.2 Å². The molecule has 0 radical (unpaired) electrons. The zero-order valence-corrected chi connectivity index (χ0v) is 12.9. The van der Waals surface area contributed by atoms with Crippen molar-refractivity contribution in [3.63, 3.8) is 0 Å². The van der Waals surface area contributed by atoms with Crippen LogP contribution in [0.15, 0.2) is 18.2 Å². The maximum absolute atomic E-state index is 5.84.